The fourth-order valence-corrected chi connectivity index (χ4v) is 4.52. The van der Waals surface area contributed by atoms with Gasteiger partial charge in [-0.3, -0.25) is 14.5 Å². The number of nitrogens with zero attached hydrogens (tertiary/aromatic N) is 3. The van der Waals surface area contributed by atoms with Crippen LogP contribution in [-0.2, 0) is 6.61 Å². The first kappa shape index (κ1) is 24.7. The number of anilines is 1. The SMILES string of the molecule is C[C@@H]1CCCCN1CCNC(=O)c1ccc(NC(=O)c2nnc(COc3ccc(F)cc3)s2)cc1. The van der Waals surface area contributed by atoms with Gasteiger partial charge in [0.2, 0.25) is 5.01 Å². The number of amides is 2. The van der Waals surface area contributed by atoms with Gasteiger partial charge in [0.1, 0.15) is 18.2 Å². The maximum atomic E-state index is 13.0. The summed E-state index contributed by atoms with van der Waals surface area (Å²) in [4.78, 5) is 27.4. The van der Waals surface area contributed by atoms with Crippen molar-refractivity contribution in [2.24, 2.45) is 0 Å². The molecule has 1 atom stereocenters. The Kier molecular flexibility index (Phi) is 8.38. The summed E-state index contributed by atoms with van der Waals surface area (Å²) in [6.07, 6.45) is 3.70. The largest absolute Gasteiger partial charge is 0.486 e. The second kappa shape index (κ2) is 11.9. The minimum atomic E-state index is -0.400. The molecule has 2 aromatic carbocycles. The van der Waals surface area contributed by atoms with E-state index >= 15 is 0 Å². The topological polar surface area (TPSA) is 96.5 Å². The Balaban J connectivity index is 1.23. The summed E-state index contributed by atoms with van der Waals surface area (Å²) in [6.45, 7) is 4.89. The molecule has 2 heterocycles. The standard InChI is InChI=1S/C25H28FN5O3S/c1-17-4-2-3-14-31(17)15-13-27-23(32)18-5-9-20(10-6-18)28-24(33)25-30-29-22(35-25)16-34-21-11-7-19(26)8-12-21/h5-12,17H,2-4,13-16H2,1H3,(H,27,32)(H,28,33)/t17-/m1/s1. The molecule has 8 nitrogen and oxygen atoms in total. The van der Waals surface area contributed by atoms with Crippen LogP contribution in [0.4, 0.5) is 10.1 Å². The van der Waals surface area contributed by atoms with Crippen LogP contribution in [-0.4, -0.2) is 52.6 Å². The second-order valence-corrected chi connectivity index (χ2v) is 9.47. The molecule has 10 heteroatoms. The first-order chi connectivity index (χ1) is 17.0. The van der Waals surface area contributed by atoms with E-state index < -0.39 is 5.91 Å². The summed E-state index contributed by atoms with van der Waals surface area (Å²) in [5.41, 5.74) is 1.08. The Morgan fingerprint density at radius 3 is 2.60 bits per heavy atom. The number of hydrogen-bond donors (Lipinski definition) is 2. The van der Waals surface area contributed by atoms with Crippen molar-refractivity contribution in [3.8, 4) is 5.75 Å². The first-order valence-corrected chi connectivity index (χ1v) is 12.4. The van der Waals surface area contributed by atoms with Gasteiger partial charge in [-0.05, 0) is 74.8 Å². The molecule has 184 valence electrons. The monoisotopic (exact) mass is 497 g/mol. The second-order valence-electron chi connectivity index (χ2n) is 8.41. The van der Waals surface area contributed by atoms with Gasteiger partial charge in [0.25, 0.3) is 11.8 Å². The zero-order valence-corrected chi connectivity index (χ0v) is 20.3. The van der Waals surface area contributed by atoms with Crippen LogP contribution in [0.5, 0.6) is 5.75 Å². The van der Waals surface area contributed by atoms with E-state index in [4.69, 9.17) is 4.74 Å². The Hall–Kier alpha value is -3.37. The normalized spacial score (nSPS) is 16.0. The fourth-order valence-electron chi connectivity index (χ4n) is 3.87. The van der Waals surface area contributed by atoms with Gasteiger partial charge in [0, 0.05) is 30.4 Å². The van der Waals surface area contributed by atoms with Crippen molar-refractivity contribution in [3.63, 3.8) is 0 Å². The van der Waals surface area contributed by atoms with Crippen LogP contribution in [0.2, 0.25) is 0 Å². The molecule has 1 aliphatic heterocycles. The Bertz CT molecular complexity index is 1140. The van der Waals surface area contributed by atoms with Crippen LogP contribution in [0.3, 0.4) is 0 Å². The molecule has 0 saturated carbocycles. The average Bonchev–Trinajstić information content (AvgIpc) is 3.35. The van der Waals surface area contributed by atoms with E-state index in [2.05, 4.69) is 32.7 Å². The Labute approximate surface area is 207 Å². The molecule has 0 unspecified atom stereocenters. The molecule has 1 fully saturated rings. The Morgan fingerprint density at radius 1 is 1.09 bits per heavy atom. The number of piperidine rings is 1. The van der Waals surface area contributed by atoms with E-state index in [-0.39, 0.29) is 23.3 Å². The zero-order chi connectivity index (χ0) is 24.6. The summed E-state index contributed by atoms with van der Waals surface area (Å²) in [5, 5.41) is 14.3. The maximum Gasteiger partial charge on any atom is 0.286 e. The van der Waals surface area contributed by atoms with Crippen molar-refractivity contribution >= 4 is 28.8 Å². The molecule has 1 saturated heterocycles. The van der Waals surface area contributed by atoms with Crippen molar-refractivity contribution in [1.29, 1.82) is 0 Å². The minimum Gasteiger partial charge on any atom is -0.486 e. The number of carbonyl (C=O) groups excluding carboxylic acids is 2. The number of nitrogens with one attached hydrogen (secondary N) is 2. The van der Waals surface area contributed by atoms with Crippen LogP contribution in [0.25, 0.3) is 0 Å². The number of carbonyl (C=O) groups is 2. The molecule has 2 N–H and O–H groups in total. The van der Waals surface area contributed by atoms with Gasteiger partial charge in [-0.1, -0.05) is 17.8 Å². The number of aromatic nitrogens is 2. The van der Waals surface area contributed by atoms with Gasteiger partial charge in [-0.15, -0.1) is 10.2 Å². The lowest BCUT2D eigenvalue weighted by Crippen LogP contribution is -2.42. The van der Waals surface area contributed by atoms with Crippen LogP contribution in [0, 0.1) is 5.82 Å². The van der Waals surface area contributed by atoms with Crippen molar-refractivity contribution in [2.45, 2.75) is 38.8 Å². The van der Waals surface area contributed by atoms with Gasteiger partial charge < -0.3 is 15.4 Å². The maximum absolute atomic E-state index is 13.0. The first-order valence-electron chi connectivity index (χ1n) is 11.6. The lowest BCUT2D eigenvalue weighted by atomic mass is 10.0. The number of rotatable bonds is 9. The number of halogens is 1. The smallest absolute Gasteiger partial charge is 0.286 e. The predicted molar refractivity (Wildman–Crippen MR) is 132 cm³/mol. The van der Waals surface area contributed by atoms with Crippen molar-refractivity contribution < 1.29 is 18.7 Å². The highest BCUT2D eigenvalue weighted by Crippen LogP contribution is 2.18. The number of hydrogen-bond acceptors (Lipinski definition) is 7. The van der Waals surface area contributed by atoms with Crippen molar-refractivity contribution in [1.82, 2.24) is 20.4 Å². The molecular weight excluding hydrogens is 469 g/mol. The number of likely N-dealkylation sites (tertiary alicyclic amines) is 1. The average molecular weight is 498 g/mol. The summed E-state index contributed by atoms with van der Waals surface area (Å²) >= 11 is 1.11. The van der Waals surface area contributed by atoms with Crippen LogP contribution in [0.15, 0.2) is 48.5 Å². The molecule has 0 bridgehead atoms. The van der Waals surface area contributed by atoms with Crippen LogP contribution in [0.1, 0.15) is 51.4 Å². The van der Waals surface area contributed by atoms with E-state index in [9.17, 15) is 14.0 Å². The van der Waals surface area contributed by atoms with Crippen LogP contribution < -0.4 is 15.4 Å². The van der Waals surface area contributed by atoms with E-state index in [0.29, 0.717) is 34.6 Å². The lowest BCUT2D eigenvalue weighted by molar-refractivity contribution is 0.0938. The molecule has 3 aromatic rings. The van der Waals surface area contributed by atoms with Crippen LogP contribution >= 0.6 is 11.3 Å². The summed E-state index contributed by atoms with van der Waals surface area (Å²) in [6, 6.07) is 12.9. The van der Waals surface area contributed by atoms with Crippen molar-refractivity contribution in [2.75, 3.05) is 25.0 Å². The molecule has 4 rings (SSSR count). The molecule has 0 spiro atoms. The van der Waals surface area contributed by atoms with E-state index in [1.807, 2.05) is 0 Å². The zero-order valence-electron chi connectivity index (χ0n) is 19.5. The predicted octanol–water partition coefficient (Wildman–Crippen LogP) is 4.11. The molecular formula is C25H28FN5O3S. The quantitative estimate of drug-likeness (QED) is 0.462. The lowest BCUT2D eigenvalue weighted by Gasteiger charge is -2.33. The summed E-state index contributed by atoms with van der Waals surface area (Å²) < 4.78 is 18.5. The third-order valence-corrected chi connectivity index (χ3v) is 6.76. The fraction of sp³-hybridized carbons (Fsp3) is 0.360. The van der Waals surface area contributed by atoms with E-state index in [1.54, 1.807) is 24.3 Å². The van der Waals surface area contributed by atoms with Gasteiger partial charge in [0.05, 0.1) is 0 Å². The molecule has 2 amide bonds. The molecule has 35 heavy (non-hydrogen) atoms. The van der Waals surface area contributed by atoms with Gasteiger partial charge in [-0.25, -0.2) is 4.39 Å². The summed E-state index contributed by atoms with van der Waals surface area (Å²) in [7, 11) is 0. The number of ether oxygens (including phenoxy) is 1. The highest BCUT2D eigenvalue weighted by molar-refractivity contribution is 7.13. The summed E-state index contributed by atoms with van der Waals surface area (Å²) in [5.74, 6) is -0.382. The van der Waals surface area contributed by atoms with E-state index in [1.165, 1.54) is 43.5 Å². The number of benzene rings is 2. The molecule has 0 radical (unpaired) electrons. The van der Waals surface area contributed by atoms with Gasteiger partial charge in [0.15, 0.2) is 5.01 Å². The minimum absolute atomic E-state index is 0.122. The molecule has 1 aromatic heterocycles. The Morgan fingerprint density at radius 2 is 1.86 bits per heavy atom. The van der Waals surface area contributed by atoms with Gasteiger partial charge >= 0.3 is 0 Å². The highest BCUT2D eigenvalue weighted by Gasteiger charge is 2.18. The van der Waals surface area contributed by atoms with Gasteiger partial charge in [-0.2, -0.15) is 0 Å². The molecule has 1 aliphatic rings. The third-order valence-electron chi connectivity index (χ3n) is 5.87. The molecule has 0 aliphatic carbocycles. The van der Waals surface area contributed by atoms with Crippen molar-refractivity contribution in [3.05, 3.63) is 69.9 Å². The third kappa shape index (κ3) is 7.06. The highest BCUT2D eigenvalue weighted by atomic mass is 32.1. The van der Waals surface area contributed by atoms with E-state index in [0.717, 1.165) is 24.4 Å².